The van der Waals surface area contributed by atoms with Gasteiger partial charge in [-0.2, -0.15) is 0 Å². The van der Waals surface area contributed by atoms with Gasteiger partial charge in [-0.25, -0.2) is 0 Å². The predicted octanol–water partition coefficient (Wildman–Crippen LogP) is 0.998. The van der Waals surface area contributed by atoms with Gasteiger partial charge in [-0.1, -0.05) is 6.07 Å². The van der Waals surface area contributed by atoms with E-state index in [0.717, 1.165) is 5.56 Å². The number of carboxylic acid groups (broad SMARTS) is 1. The quantitative estimate of drug-likeness (QED) is 0.834. The van der Waals surface area contributed by atoms with Crippen molar-refractivity contribution in [2.24, 2.45) is 5.41 Å². The fourth-order valence-corrected chi connectivity index (χ4v) is 2.94. The average molecular weight is 335 g/mol. The molecule has 0 atom stereocenters. The molecule has 0 spiro atoms. The number of hydrogen-bond acceptors (Lipinski definition) is 5. The van der Waals surface area contributed by atoms with Crippen LogP contribution in [0.25, 0.3) is 0 Å². The third kappa shape index (κ3) is 3.62. The van der Waals surface area contributed by atoms with Crippen molar-refractivity contribution in [1.29, 1.82) is 0 Å². The molecule has 1 aromatic carbocycles. The van der Waals surface area contributed by atoms with E-state index in [2.05, 4.69) is 5.32 Å². The van der Waals surface area contributed by atoms with Crippen LogP contribution in [0, 0.1) is 5.41 Å². The lowest BCUT2D eigenvalue weighted by Gasteiger charge is -2.33. The van der Waals surface area contributed by atoms with E-state index in [4.69, 9.17) is 14.2 Å². The monoisotopic (exact) mass is 335 g/mol. The van der Waals surface area contributed by atoms with E-state index < -0.39 is 11.4 Å². The number of amides is 1. The molecular weight excluding hydrogens is 314 g/mol. The van der Waals surface area contributed by atoms with Crippen molar-refractivity contribution in [3.63, 3.8) is 0 Å². The van der Waals surface area contributed by atoms with Gasteiger partial charge in [0.2, 0.25) is 5.91 Å². The Kier molecular flexibility index (Phi) is 4.89. The van der Waals surface area contributed by atoms with Crippen LogP contribution in [0.4, 0.5) is 0 Å². The van der Waals surface area contributed by atoms with Crippen LogP contribution in [-0.2, 0) is 20.7 Å². The van der Waals surface area contributed by atoms with Crippen molar-refractivity contribution in [3.05, 3.63) is 23.8 Å². The van der Waals surface area contributed by atoms with Gasteiger partial charge >= 0.3 is 5.97 Å². The molecule has 2 N–H and O–H groups in total. The SMILES string of the molecule is O=C(Cc1ccc2c(c1)OCCO2)NCC1(C(=O)O)CCOCC1. The summed E-state index contributed by atoms with van der Waals surface area (Å²) in [5, 5.41) is 12.2. The molecule has 0 unspecified atom stereocenters. The molecular formula is C17H21NO6. The molecule has 0 radical (unpaired) electrons. The number of nitrogens with one attached hydrogen (secondary N) is 1. The second-order valence-electron chi connectivity index (χ2n) is 6.13. The minimum Gasteiger partial charge on any atom is -0.486 e. The predicted molar refractivity (Wildman–Crippen MR) is 84.3 cm³/mol. The average Bonchev–Trinajstić information content (AvgIpc) is 2.60. The Hall–Kier alpha value is -2.28. The van der Waals surface area contributed by atoms with Crippen LogP contribution in [0.2, 0.25) is 0 Å². The molecule has 1 aromatic rings. The van der Waals surface area contributed by atoms with Crippen LogP contribution in [0.3, 0.4) is 0 Å². The second kappa shape index (κ2) is 7.09. The van der Waals surface area contributed by atoms with E-state index in [9.17, 15) is 14.7 Å². The maximum Gasteiger partial charge on any atom is 0.311 e. The highest BCUT2D eigenvalue weighted by Crippen LogP contribution is 2.31. The zero-order valence-electron chi connectivity index (χ0n) is 13.4. The molecule has 0 bridgehead atoms. The molecule has 2 aliphatic rings. The lowest BCUT2D eigenvalue weighted by atomic mass is 9.80. The number of rotatable bonds is 5. The molecule has 3 rings (SSSR count). The first-order valence-corrected chi connectivity index (χ1v) is 8.05. The summed E-state index contributed by atoms with van der Waals surface area (Å²) in [6.45, 7) is 1.95. The van der Waals surface area contributed by atoms with E-state index in [0.29, 0.717) is 50.8 Å². The Morgan fingerprint density at radius 1 is 1.08 bits per heavy atom. The van der Waals surface area contributed by atoms with Gasteiger partial charge in [-0.3, -0.25) is 9.59 Å². The number of carbonyl (C=O) groups is 2. The van der Waals surface area contributed by atoms with Crippen LogP contribution in [0.15, 0.2) is 18.2 Å². The number of carboxylic acids is 1. The Morgan fingerprint density at radius 3 is 2.50 bits per heavy atom. The zero-order valence-corrected chi connectivity index (χ0v) is 13.4. The smallest absolute Gasteiger partial charge is 0.311 e. The van der Waals surface area contributed by atoms with Crippen molar-refractivity contribution in [1.82, 2.24) is 5.32 Å². The topological polar surface area (TPSA) is 94.1 Å². The fourth-order valence-electron chi connectivity index (χ4n) is 2.94. The summed E-state index contributed by atoms with van der Waals surface area (Å²) in [5.74, 6) is 0.222. The first-order valence-electron chi connectivity index (χ1n) is 8.05. The van der Waals surface area contributed by atoms with Crippen molar-refractivity contribution in [2.45, 2.75) is 19.3 Å². The van der Waals surface area contributed by atoms with E-state index in [1.807, 2.05) is 6.07 Å². The minimum atomic E-state index is -0.930. The number of aliphatic carboxylic acids is 1. The molecule has 130 valence electrons. The van der Waals surface area contributed by atoms with Gasteiger partial charge in [-0.05, 0) is 30.5 Å². The van der Waals surface area contributed by atoms with Gasteiger partial charge in [0.15, 0.2) is 11.5 Å². The van der Waals surface area contributed by atoms with Crippen molar-refractivity contribution >= 4 is 11.9 Å². The lowest BCUT2D eigenvalue weighted by Crippen LogP contribution is -2.46. The highest BCUT2D eigenvalue weighted by Gasteiger charge is 2.40. The number of ether oxygens (including phenoxy) is 3. The molecule has 2 aliphatic heterocycles. The third-order valence-corrected chi connectivity index (χ3v) is 4.50. The number of hydrogen-bond donors (Lipinski definition) is 2. The molecule has 24 heavy (non-hydrogen) atoms. The van der Waals surface area contributed by atoms with E-state index >= 15 is 0 Å². The summed E-state index contributed by atoms with van der Waals surface area (Å²) in [6, 6.07) is 5.39. The lowest BCUT2D eigenvalue weighted by molar-refractivity contribution is -0.154. The molecule has 1 fully saturated rings. The van der Waals surface area contributed by atoms with Gasteiger partial charge in [0.05, 0.1) is 11.8 Å². The standard InChI is InChI=1S/C17H21NO6/c19-15(18-11-17(16(20)21)3-5-22-6-4-17)10-12-1-2-13-14(9-12)24-8-7-23-13/h1-2,9H,3-8,10-11H2,(H,18,19)(H,20,21). The Balaban J connectivity index is 1.58. The molecule has 0 aliphatic carbocycles. The fraction of sp³-hybridized carbons (Fsp3) is 0.529. The Bertz CT molecular complexity index is 624. The Morgan fingerprint density at radius 2 is 1.79 bits per heavy atom. The highest BCUT2D eigenvalue weighted by molar-refractivity contribution is 5.81. The molecule has 0 saturated carbocycles. The number of carbonyl (C=O) groups excluding carboxylic acids is 1. The summed E-state index contributed by atoms with van der Waals surface area (Å²) in [5.41, 5.74) is -0.131. The van der Waals surface area contributed by atoms with Gasteiger partial charge in [0.1, 0.15) is 13.2 Å². The zero-order chi connectivity index (χ0) is 17.0. The first kappa shape index (κ1) is 16.6. The third-order valence-electron chi connectivity index (χ3n) is 4.50. The summed E-state index contributed by atoms with van der Waals surface area (Å²) < 4.78 is 16.2. The molecule has 7 heteroatoms. The maximum absolute atomic E-state index is 12.2. The van der Waals surface area contributed by atoms with Crippen molar-refractivity contribution in [3.8, 4) is 11.5 Å². The van der Waals surface area contributed by atoms with Gasteiger partial charge in [0.25, 0.3) is 0 Å². The summed E-state index contributed by atoms with van der Waals surface area (Å²) in [4.78, 5) is 23.8. The van der Waals surface area contributed by atoms with Crippen LogP contribution in [0.5, 0.6) is 11.5 Å². The van der Waals surface area contributed by atoms with Gasteiger partial charge in [0, 0.05) is 19.8 Å². The maximum atomic E-state index is 12.2. The van der Waals surface area contributed by atoms with E-state index in [1.165, 1.54) is 0 Å². The Labute approximate surface area is 139 Å². The molecule has 2 heterocycles. The van der Waals surface area contributed by atoms with Crippen LogP contribution < -0.4 is 14.8 Å². The van der Waals surface area contributed by atoms with E-state index in [1.54, 1.807) is 12.1 Å². The number of benzene rings is 1. The van der Waals surface area contributed by atoms with Crippen molar-refractivity contribution in [2.75, 3.05) is 33.0 Å². The summed E-state index contributed by atoms with van der Waals surface area (Å²) in [6.07, 6.45) is 0.988. The largest absolute Gasteiger partial charge is 0.486 e. The van der Waals surface area contributed by atoms with Crippen molar-refractivity contribution < 1.29 is 28.9 Å². The molecule has 1 saturated heterocycles. The molecule has 0 aromatic heterocycles. The first-order chi connectivity index (χ1) is 11.6. The summed E-state index contributed by atoms with van der Waals surface area (Å²) >= 11 is 0. The number of fused-ring (bicyclic) bond motifs is 1. The summed E-state index contributed by atoms with van der Waals surface area (Å²) in [7, 11) is 0. The van der Waals surface area contributed by atoms with Crippen LogP contribution >= 0.6 is 0 Å². The van der Waals surface area contributed by atoms with Crippen LogP contribution in [-0.4, -0.2) is 50.0 Å². The van der Waals surface area contributed by atoms with Gasteiger partial charge < -0.3 is 24.6 Å². The normalized spacial score (nSPS) is 18.7. The minimum absolute atomic E-state index is 0.120. The van der Waals surface area contributed by atoms with E-state index in [-0.39, 0.29) is 18.9 Å². The van der Waals surface area contributed by atoms with Gasteiger partial charge in [-0.15, -0.1) is 0 Å². The molecule has 1 amide bonds. The second-order valence-corrected chi connectivity index (χ2v) is 6.13. The molecule has 7 nitrogen and oxygen atoms in total. The van der Waals surface area contributed by atoms with Crippen LogP contribution in [0.1, 0.15) is 18.4 Å². The highest BCUT2D eigenvalue weighted by atomic mass is 16.6.